The van der Waals surface area contributed by atoms with Crippen molar-refractivity contribution in [1.82, 2.24) is 0 Å². The van der Waals surface area contributed by atoms with Gasteiger partial charge < -0.3 is 0 Å². The zero-order valence-electron chi connectivity index (χ0n) is 11.7. The SMILES string of the molecule is Cc1ccc(C(=O)Cc2ccc([N+](=O)[O-])cc2[N+](=O)[O-])cc1. The molecule has 0 unspecified atom stereocenters. The van der Waals surface area contributed by atoms with Crippen LogP contribution in [0.2, 0.25) is 0 Å². The predicted molar refractivity (Wildman–Crippen MR) is 79.0 cm³/mol. The van der Waals surface area contributed by atoms with Gasteiger partial charge in [0.1, 0.15) is 0 Å². The summed E-state index contributed by atoms with van der Waals surface area (Å²) in [5.74, 6) is -0.281. The van der Waals surface area contributed by atoms with Gasteiger partial charge in [-0.3, -0.25) is 25.0 Å². The number of hydrogen-bond donors (Lipinski definition) is 0. The number of nitrogens with zero attached hydrogens (tertiary/aromatic N) is 2. The number of nitro groups is 2. The van der Waals surface area contributed by atoms with Gasteiger partial charge in [-0.2, -0.15) is 0 Å². The molecule has 0 aliphatic carbocycles. The minimum absolute atomic E-state index is 0.154. The van der Waals surface area contributed by atoms with Gasteiger partial charge in [-0.25, -0.2) is 0 Å². The van der Waals surface area contributed by atoms with Crippen LogP contribution in [0.3, 0.4) is 0 Å². The highest BCUT2D eigenvalue weighted by Gasteiger charge is 2.21. The molecule has 0 saturated carbocycles. The molecule has 0 saturated heterocycles. The molecule has 0 bridgehead atoms. The van der Waals surface area contributed by atoms with Gasteiger partial charge in [0.25, 0.3) is 11.4 Å². The van der Waals surface area contributed by atoms with Gasteiger partial charge in [0.2, 0.25) is 0 Å². The molecule has 0 aromatic heterocycles. The Morgan fingerprint density at radius 1 is 1.00 bits per heavy atom. The maximum Gasteiger partial charge on any atom is 0.279 e. The zero-order chi connectivity index (χ0) is 16.3. The Labute approximate surface area is 125 Å². The summed E-state index contributed by atoms with van der Waals surface area (Å²) >= 11 is 0. The fourth-order valence-corrected chi connectivity index (χ4v) is 2.00. The van der Waals surface area contributed by atoms with E-state index in [2.05, 4.69) is 0 Å². The highest BCUT2D eigenvalue weighted by Crippen LogP contribution is 2.25. The molecule has 0 spiro atoms. The minimum atomic E-state index is -0.718. The number of rotatable bonds is 5. The number of benzene rings is 2. The number of Topliss-reactive ketones (excluding diaryl/α,β-unsaturated/α-hetero) is 1. The fourth-order valence-electron chi connectivity index (χ4n) is 2.00. The van der Waals surface area contributed by atoms with E-state index in [9.17, 15) is 25.0 Å². The number of carbonyl (C=O) groups is 1. The van der Waals surface area contributed by atoms with E-state index in [4.69, 9.17) is 0 Å². The maximum absolute atomic E-state index is 12.2. The number of aryl methyl sites for hydroxylation is 1. The molecule has 0 fully saturated rings. The summed E-state index contributed by atoms with van der Waals surface area (Å²) in [6.45, 7) is 1.88. The third-order valence-corrected chi connectivity index (χ3v) is 3.20. The second-order valence-corrected chi connectivity index (χ2v) is 4.79. The van der Waals surface area contributed by atoms with E-state index < -0.39 is 15.5 Å². The van der Waals surface area contributed by atoms with Crippen LogP contribution >= 0.6 is 0 Å². The van der Waals surface area contributed by atoms with E-state index >= 15 is 0 Å². The Kier molecular flexibility index (Phi) is 4.26. The molecule has 0 aliphatic heterocycles. The Hall–Kier alpha value is -3.09. The lowest BCUT2D eigenvalue weighted by Crippen LogP contribution is -2.06. The lowest BCUT2D eigenvalue weighted by atomic mass is 10.0. The molecule has 7 nitrogen and oxygen atoms in total. The zero-order valence-corrected chi connectivity index (χ0v) is 11.7. The van der Waals surface area contributed by atoms with Gasteiger partial charge in [-0.15, -0.1) is 0 Å². The van der Waals surface area contributed by atoms with E-state index in [0.29, 0.717) is 5.56 Å². The van der Waals surface area contributed by atoms with Crippen molar-refractivity contribution in [3.05, 3.63) is 79.4 Å². The molecule has 0 aliphatic rings. The Morgan fingerprint density at radius 3 is 2.18 bits per heavy atom. The summed E-state index contributed by atoms with van der Waals surface area (Å²) in [6, 6.07) is 10.1. The third kappa shape index (κ3) is 3.32. The maximum atomic E-state index is 12.2. The first kappa shape index (κ1) is 15.3. The number of nitro benzene ring substituents is 2. The molecular weight excluding hydrogens is 288 g/mol. The normalized spacial score (nSPS) is 10.2. The van der Waals surface area contributed by atoms with Crippen LogP contribution in [0, 0.1) is 27.2 Å². The van der Waals surface area contributed by atoms with Crippen LogP contribution in [-0.2, 0) is 6.42 Å². The molecule has 2 aromatic rings. The van der Waals surface area contributed by atoms with Crippen LogP contribution in [0.15, 0.2) is 42.5 Å². The number of non-ortho nitro benzene ring substituents is 1. The van der Waals surface area contributed by atoms with Crippen LogP contribution in [0.5, 0.6) is 0 Å². The minimum Gasteiger partial charge on any atom is -0.294 e. The first-order valence-electron chi connectivity index (χ1n) is 6.40. The molecule has 2 aromatic carbocycles. The standard InChI is InChI=1S/C15H12N2O5/c1-10-2-4-11(5-3-10)15(18)8-12-6-7-13(16(19)20)9-14(12)17(21)22/h2-7,9H,8H2,1H3. The highest BCUT2D eigenvalue weighted by atomic mass is 16.6. The number of hydrogen-bond acceptors (Lipinski definition) is 5. The largest absolute Gasteiger partial charge is 0.294 e. The van der Waals surface area contributed by atoms with E-state index in [0.717, 1.165) is 17.7 Å². The van der Waals surface area contributed by atoms with Crippen LogP contribution in [0.1, 0.15) is 21.5 Å². The monoisotopic (exact) mass is 300 g/mol. The van der Waals surface area contributed by atoms with Gasteiger partial charge in [-0.05, 0) is 13.0 Å². The van der Waals surface area contributed by atoms with Crippen molar-refractivity contribution in [3.63, 3.8) is 0 Å². The van der Waals surface area contributed by atoms with E-state index in [-0.39, 0.29) is 23.5 Å². The smallest absolute Gasteiger partial charge is 0.279 e. The second-order valence-electron chi connectivity index (χ2n) is 4.79. The van der Waals surface area contributed by atoms with Crippen molar-refractivity contribution >= 4 is 17.2 Å². The molecule has 0 atom stereocenters. The topological polar surface area (TPSA) is 103 Å². The van der Waals surface area contributed by atoms with Gasteiger partial charge >= 0.3 is 0 Å². The molecular formula is C15H12N2O5. The lowest BCUT2D eigenvalue weighted by Gasteiger charge is -2.04. The Balaban J connectivity index is 2.32. The Morgan fingerprint density at radius 2 is 1.64 bits per heavy atom. The first-order chi connectivity index (χ1) is 10.4. The summed E-state index contributed by atoms with van der Waals surface area (Å²) in [5.41, 5.74) is 0.796. The van der Waals surface area contributed by atoms with Crippen molar-refractivity contribution in [2.45, 2.75) is 13.3 Å². The first-order valence-corrected chi connectivity index (χ1v) is 6.40. The average Bonchev–Trinajstić information content (AvgIpc) is 2.47. The van der Waals surface area contributed by atoms with E-state index in [1.54, 1.807) is 24.3 Å². The van der Waals surface area contributed by atoms with Gasteiger partial charge in [0.05, 0.1) is 15.9 Å². The molecule has 0 heterocycles. The summed E-state index contributed by atoms with van der Waals surface area (Å²) in [6.07, 6.45) is -0.183. The average molecular weight is 300 g/mol. The van der Waals surface area contributed by atoms with Gasteiger partial charge in [0.15, 0.2) is 5.78 Å². The van der Waals surface area contributed by atoms with Crippen LogP contribution in [-0.4, -0.2) is 15.6 Å². The molecule has 0 amide bonds. The van der Waals surface area contributed by atoms with E-state index in [1.807, 2.05) is 6.92 Å². The van der Waals surface area contributed by atoms with E-state index in [1.165, 1.54) is 6.07 Å². The molecule has 22 heavy (non-hydrogen) atoms. The van der Waals surface area contributed by atoms with Crippen molar-refractivity contribution in [1.29, 1.82) is 0 Å². The quantitative estimate of drug-likeness (QED) is 0.479. The highest BCUT2D eigenvalue weighted by molar-refractivity contribution is 5.98. The second kappa shape index (κ2) is 6.13. The van der Waals surface area contributed by atoms with Crippen molar-refractivity contribution in [3.8, 4) is 0 Å². The number of ketones is 1. The number of carbonyl (C=O) groups excluding carboxylic acids is 1. The summed E-state index contributed by atoms with van der Waals surface area (Å²) in [5, 5.41) is 21.7. The fraction of sp³-hybridized carbons (Fsp3) is 0.133. The van der Waals surface area contributed by atoms with Crippen molar-refractivity contribution < 1.29 is 14.6 Å². The molecule has 112 valence electrons. The van der Waals surface area contributed by atoms with Crippen molar-refractivity contribution in [2.75, 3.05) is 0 Å². The third-order valence-electron chi connectivity index (χ3n) is 3.20. The van der Waals surface area contributed by atoms with Crippen LogP contribution in [0.25, 0.3) is 0 Å². The predicted octanol–water partition coefficient (Wildman–Crippen LogP) is 3.24. The van der Waals surface area contributed by atoms with Crippen LogP contribution in [0.4, 0.5) is 11.4 Å². The molecule has 7 heteroatoms. The van der Waals surface area contributed by atoms with Gasteiger partial charge in [-0.1, -0.05) is 29.8 Å². The van der Waals surface area contributed by atoms with Crippen molar-refractivity contribution in [2.24, 2.45) is 0 Å². The molecule has 2 rings (SSSR count). The molecule has 0 N–H and O–H groups in total. The van der Waals surface area contributed by atoms with Gasteiger partial charge in [0, 0.05) is 23.6 Å². The summed E-state index contributed by atoms with van der Waals surface area (Å²) in [7, 11) is 0. The summed E-state index contributed by atoms with van der Waals surface area (Å²) < 4.78 is 0. The molecule has 0 radical (unpaired) electrons. The van der Waals surface area contributed by atoms with Crippen LogP contribution < -0.4 is 0 Å². The lowest BCUT2D eigenvalue weighted by molar-refractivity contribution is -0.394. The summed E-state index contributed by atoms with van der Waals surface area (Å²) in [4.78, 5) is 32.4. The Bertz CT molecular complexity index is 753.